The highest BCUT2D eigenvalue weighted by atomic mass is 19.1. The molecule has 0 spiro atoms. The van der Waals surface area contributed by atoms with Crippen molar-refractivity contribution in [3.63, 3.8) is 0 Å². The number of hydrogen-bond acceptors (Lipinski definition) is 4. The number of benzene rings is 1. The third kappa shape index (κ3) is 3.59. The molecule has 1 rings (SSSR count). The Morgan fingerprint density at radius 1 is 1.60 bits per heavy atom. The van der Waals surface area contributed by atoms with Crippen LogP contribution in [0.2, 0.25) is 0 Å². The van der Waals surface area contributed by atoms with E-state index in [0.717, 1.165) is 6.07 Å². The summed E-state index contributed by atoms with van der Waals surface area (Å²) in [6, 6.07) is 4.02. The van der Waals surface area contributed by atoms with Crippen LogP contribution in [-0.2, 0) is 0 Å². The molecule has 0 saturated carbocycles. The van der Waals surface area contributed by atoms with Crippen LogP contribution < -0.4 is 10.5 Å². The van der Waals surface area contributed by atoms with Crippen LogP contribution in [-0.4, -0.2) is 42.6 Å². The number of amides is 1. The van der Waals surface area contributed by atoms with Gasteiger partial charge in [-0.2, -0.15) is 0 Å². The van der Waals surface area contributed by atoms with Gasteiger partial charge in [-0.1, -0.05) is 12.1 Å². The van der Waals surface area contributed by atoms with Crippen molar-refractivity contribution < 1.29 is 19.1 Å². The van der Waals surface area contributed by atoms with E-state index in [1.165, 1.54) is 31.2 Å². The fraction of sp³-hybridized carbons (Fsp3) is 0.385. The average Bonchev–Trinajstić information content (AvgIpc) is 2.45. The minimum Gasteiger partial charge on any atom is -0.497 e. The van der Waals surface area contributed by atoms with Gasteiger partial charge in [-0.25, -0.2) is 4.39 Å². The van der Waals surface area contributed by atoms with Crippen molar-refractivity contribution >= 4 is 11.7 Å². The Morgan fingerprint density at radius 3 is 2.75 bits per heavy atom. The molecule has 0 saturated heterocycles. The molecule has 0 aromatic heterocycles. The molecule has 20 heavy (non-hydrogen) atoms. The van der Waals surface area contributed by atoms with Crippen LogP contribution in [0, 0.1) is 11.7 Å². The SMILES string of the molecule is COc1ccc(C(=O)N(C)CC(C)/C(N)=N/O)c(F)c1. The zero-order valence-electron chi connectivity index (χ0n) is 11.6. The van der Waals surface area contributed by atoms with E-state index in [2.05, 4.69) is 5.16 Å². The predicted molar refractivity (Wildman–Crippen MR) is 72.5 cm³/mol. The number of hydrogen-bond donors (Lipinski definition) is 2. The van der Waals surface area contributed by atoms with Gasteiger partial charge >= 0.3 is 0 Å². The summed E-state index contributed by atoms with van der Waals surface area (Å²) < 4.78 is 18.7. The highest BCUT2D eigenvalue weighted by Gasteiger charge is 2.19. The predicted octanol–water partition coefficient (Wildman–Crippen LogP) is 1.29. The molecule has 0 aliphatic rings. The summed E-state index contributed by atoms with van der Waals surface area (Å²) in [4.78, 5) is 13.4. The van der Waals surface area contributed by atoms with Crippen LogP contribution in [0.25, 0.3) is 0 Å². The molecule has 110 valence electrons. The van der Waals surface area contributed by atoms with Crippen LogP contribution in [0.5, 0.6) is 5.75 Å². The Balaban J connectivity index is 2.84. The molecule has 3 N–H and O–H groups in total. The molecule has 1 amide bonds. The highest BCUT2D eigenvalue weighted by molar-refractivity contribution is 5.95. The van der Waals surface area contributed by atoms with E-state index in [-0.39, 0.29) is 23.9 Å². The minimum atomic E-state index is -0.655. The maximum atomic E-state index is 13.8. The number of nitrogens with zero attached hydrogens (tertiary/aromatic N) is 2. The standard InChI is InChI=1S/C13H18FN3O3/c1-8(12(15)16-19)7-17(2)13(18)10-5-4-9(20-3)6-11(10)14/h4-6,8,19H,7H2,1-3H3,(H2,15,16). The van der Waals surface area contributed by atoms with Gasteiger partial charge in [0.15, 0.2) is 0 Å². The molecule has 7 heteroatoms. The van der Waals surface area contributed by atoms with E-state index in [4.69, 9.17) is 15.7 Å². The smallest absolute Gasteiger partial charge is 0.256 e. The minimum absolute atomic E-state index is 0.0138. The van der Waals surface area contributed by atoms with Crippen molar-refractivity contribution in [2.45, 2.75) is 6.92 Å². The van der Waals surface area contributed by atoms with E-state index < -0.39 is 11.7 Å². The van der Waals surface area contributed by atoms with Crippen LogP contribution >= 0.6 is 0 Å². The zero-order valence-corrected chi connectivity index (χ0v) is 11.6. The molecule has 6 nitrogen and oxygen atoms in total. The topological polar surface area (TPSA) is 88.2 Å². The lowest BCUT2D eigenvalue weighted by atomic mass is 10.1. The van der Waals surface area contributed by atoms with Gasteiger partial charge in [-0.15, -0.1) is 0 Å². The Morgan fingerprint density at radius 2 is 2.25 bits per heavy atom. The number of oxime groups is 1. The van der Waals surface area contributed by atoms with Gasteiger partial charge in [0.1, 0.15) is 17.4 Å². The summed E-state index contributed by atoms with van der Waals surface area (Å²) in [6.07, 6.45) is 0. The summed E-state index contributed by atoms with van der Waals surface area (Å²) in [5.74, 6) is -1.12. The number of halogens is 1. The highest BCUT2D eigenvalue weighted by Crippen LogP contribution is 2.17. The molecule has 0 aliphatic heterocycles. The van der Waals surface area contributed by atoms with Crippen molar-refractivity contribution in [1.82, 2.24) is 4.90 Å². The number of rotatable bonds is 5. The second-order valence-electron chi connectivity index (χ2n) is 4.46. The first-order chi connectivity index (χ1) is 9.40. The summed E-state index contributed by atoms with van der Waals surface area (Å²) in [6.45, 7) is 1.91. The van der Waals surface area contributed by atoms with Crippen molar-refractivity contribution in [2.75, 3.05) is 20.7 Å². The number of carbonyl (C=O) groups excluding carboxylic acids is 1. The first kappa shape index (κ1) is 15.7. The molecular weight excluding hydrogens is 265 g/mol. The number of ether oxygens (including phenoxy) is 1. The number of carbonyl (C=O) groups is 1. The van der Waals surface area contributed by atoms with Gasteiger partial charge < -0.3 is 20.6 Å². The van der Waals surface area contributed by atoms with Gasteiger partial charge in [0, 0.05) is 25.6 Å². The maximum absolute atomic E-state index is 13.8. The maximum Gasteiger partial charge on any atom is 0.256 e. The Kier molecular flexibility index (Phi) is 5.31. The fourth-order valence-electron chi connectivity index (χ4n) is 1.69. The van der Waals surface area contributed by atoms with Gasteiger partial charge in [0.05, 0.1) is 12.7 Å². The van der Waals surface area contributed by atoms with Crippen molar-refractivity contribution in [2.24, 2.45) is 16.8 Å². The number of methoxy groups -OCH3 is 1. The second-order valence-corrected chi connectivity index (χ2v) is 4.46. The fourth-order valence-corrected chi connectivity index (χ4v) is 1.69. The molecule has 1 aromatic rings. The van der Waals surface area contributed by atoms with E-state index in [0.29, 0.717) is 5.75 Å². The second kappa shape index (κ2) is 6.74. The summed E-state index contributed by atoms with van der Waals surface area (Å²) in [7, 11) is 2.94. The van der Waals surface area contributed by atoms with E-state index in [1.807, 2.05) is 0 Å². The monoisotopic (exact) mass is 283 g/mol. The third-order valence-electron chi connectivity index (χ3n) is 2.92. The average molecular weight is 283 g/mol. The van der Waals surface area contributed by atoms with Crippen LogP contribution in [0.4, 0.5) is 4.39 Å². The van der Waals surface area contributed by atoms with Crippen molar-refractivity contribution in [1.29, 1.82) is 0 Å². The zero-order chi connectivity index (χ0) is 15.3. The quantitative estimate of drug-likeness (QED) is 0.369. The molecule has 1 unspecified atom stereocenters. The summed E-state index contributed by atoms with van der Waals surface area (Å²) in [5, 5.41) is 11.4. The van der Waals surface area contributed by atoms with Gasteiger partial charge in [-0.3, -0.25) is 4.79 Å². The molecular formula is C13H18FN3O3. The van der Waals surface area contributed by atoms with Crippen LogP contribution in [0.3, 0.4) is 0 Å². The van der Waals surface area contributed by atoms with Crippen LogP contribution in [0.15, 0.2) is 23.4 Å². The van der Waals surface area contributed by atoms with Crippen molar-refractivity contribution in [3.05, 3.63) is 29.6 Å². The number of amidine groups is 1. The van der Waals surface area contributed by atoms with Crippen molar-refractivity contribution in [3.8, 4) is 5.75 Å². The van der Waals surface area contributed by atoms with Gasteiger partial charge in [-0.05, 0) is 12.1 Å². The van der Waals surface area contributed by atoms with E-state index in [1.54, 1.807) is 6.92 Å². The largest absolute Gasteiger partial charge is 0.497 e. The molecule has 0 bridgehead atoms. The van der Waals surface area contributed by atoms with E-state index >= 15 is 0 Å². The Hall–Kier alpha value is -2.31. The first-order valence-electron chi connectivity index (χ1n) is 5.97. The Labute approximate surface area is 116 Å². The normalized spacial score (nSPS) is 12.9. The van der Waals surface area contributed by atoms with E-state index in [9.17, 15) is 9.18 Å². The lowest BCUT2D eigenvalue weighted by Crippen LogP contribution is -2.36. The molecule has 0 fully saturated rings. The Bertz CT molecular complexity index is 520. The molecule has 0 heterocycles. The third-order valence-corrected chi connectivity index (χ3v) is 2.92. The molecule has 0 radical (unpaired) electrons. The van der Waals surface area contributed by atoms with Gasteiger partial charge in [0.25, 0.3) is 5.91 Å². The number of nitrogens with two attached hydrogens (primary N) is 1. The molecule has 1 aromatic carbocycles. The van der Waals surface area contributed by atoms with Gasteiger partial charge in [0.2, 0.25) is 0 Å². The lowest BCUT2D eigenvalue weighted by molar-refractivity contribution is 0.0781. The molecule has 1 atom stereocenters. The first-order valence-corrected chi connectivity index (χ1v) is 5.97. The lowest BCUT2D eigenvalue weighted by Gasteiger charge is -2.21. The summed E-state index contributed by atoms with van der Waals surface area (Å²) >= 11 is 0. The molecule has 0 aliphatic carbocycles. The summed E-state index contributed by atoms with van der Waals surface area (Å²) in [5.41, 5.74) is 5.39. The van der Waals surface area contributed by atoms with Crippen LogP contribution in [0.1, 0.15) is 17.3 Å².